The van der Waals surface area contributed by atoms with Crippen molar-refractivity contribution in [3.05, 3.63) is 82.4 Å². The number of aryl methyl sites for hydroxylation is 3. The van der Waals surface area contributed by atoms with Gasteiger partial charge in [-0.2, -0.15) is 15.3 Å². The van der Waals surface area contributed by atoms with Crippen LogP contribution in [0.25, 0.3) is 0 Å². The summed E-state index contributed by atoms with van der Waals surface area (Å²) < 4.78 is 19.2. The zero-order chi connectivity index (χ0) is 22.1. The second kappa shape index (κ2) is 8.17. The van der Waals surface area contributed by atoms with Crippen molar-refractivity contribution in [2.24, 2.45) is 0 Å². The lowest BCUT2D eigenvalue weighted by Gasteiger charge is -2.07. The molecule has 0 aliphatic heterocycles. The Hall–Kier alpha value is -3.75. The Morgan fingerprint density at radius 2 is 1.81 bits per heavy atom. The van der Waals surface area contributed by atoms with Gasteiger partial charge in [0, 0.05) is 17.5 Å². The molecule has 4 aromatic rings. The van der Waals surface area contributed by atoms with Crippen molar-refractivity contribution >= 4 is 11.6 Å². The number of nitrogens with zero attached hydrogens (tertiary/aromatic N) is 6. The fraction of sp³-hybridized carbons (Fsp3) is 0.273. The minimum atomic E-state index is -0.330. The molecule has 0 aliphatic carbocycles. The predicted octanol–water partition coefficient (Wildman–Crippen LogP) is 3.46. The summed E-state index contributed by atoms with van der Waals surface area (Å²) >= 11 is 0. The number of amides is 1. The maximum absolute atomic E-state index is 14.0. The molecular formula is C22H24FN7O. The normalized spacial score (nSPS) is 11.1. The summed E-state index contributed by atoms with van der Waals surface area (Å²) in [6.07, 6.45) is 1.74. The lowest BCUT2D eigenvalue weighted by atomic mass is 10.2. The molecule has 3 heterocycles. The van der Waals surface area contributed by atoms with Gasteiger partial charge in [-0.15, -0.1) is 0 Å². The van der Waals surface area contributed by atoms with Gasteiger partial charge in [0.15, 0.2) is 5.69 Å². The molecule has 8 nitrogen and oxygen atoms in total. The highest BCUT2D eigenvalue weighted by molar-refractivity contribution is 6.03. The molecule has 4 rings (SSSR count). The number of rotatable bonds is 6. The summed E-state index contributed by atoms with van der Waals surface area (Å²) in [4.78, 5) is 12.8. The molecule has 1 N–H and O–H groups in total. The molecule has 0 aliphatic rings. The average molecular weight is 421 g/mol. The van der Waals surface area contributed by atoms with Gasteiger partial charge >= 0.3 is 0 Å². The number of carbonyl (C=O) groups is 1. The smallest absolute Gasteiger partial charge is 0.276 e. The van der Waals surface area contributed by atoms with E-state index in [9.17, 15) is 9.18 Å². The summed E-state index contributed by atoms with van der Waals surface area (Å²) in [6.45, 7) is 8.27. The molecule has 0 atom stereocenters. The van der Waals surface area contributed by atoms with Crippen molar-refractivity contribution in [2.75, 3.05) is 5.32 Å². The van der Waals surface area contributed by atoms with Crippen LogP contribution in [0.1, 0.15) is 38.8 Å². The number of aromatic nitrogens is 6. The van der Waals surface area contributed by atoms with Crippen molar-refractivity contribution in [2.45, 2.75) is 40.9 Å². The molecule has 9 heteroatoms. The van der Waals surface area contributed by atoms with Crippen molar-refractivity contribution in [3.63, 3.8) is 0 Å². The van der Waals surface area contributed by atoms with E-state index in [0.29, 0.717) is 29.3 Å². The highest BCUT2D eigenvalue weighted by Crippen LogP contribution is 2.21. The van der Waals surface area contributed by atoms with Gasteiger partial charge in [0.25, 0.3) is 5.91 Å². The minimum absolute atomic E-state index is 0.284. The molecule has 3 aromatic heterocycles. The third kappa shape index (κ3) is 4.25. The van der Waals surface area contributed by atoms with Gasteiger partial charge in [-0.3, -0.25) is 14.2 Å². The van der Waals surface area contributed by atoms with Gasteiger partial charge in [0.05, 0.1) is 29.3 Å². The lowest BCUT2D eigenvalue weighted by molar-refractivity contribution is 0.102. The predicted molar refractivity (Wildman–Crippen MR) is 114 cm³/mol. The Morgan fingerprint density at radius 3 is 2.52 bits per heavy atom. The number of anilines is 1. The van der Waals surface area contributed by atoms with E-state index >= 15 is 0 Å². The van der Waals surface area contributed by atoms with Crippen molar-refractivity contribution in [3.8, 4) is 0 Å². The van der Waals surface area contributed by atoms with Crippen molar-refractivity contribution in [1.29, 1.82) is 0 Å². The quantitative estimate of drug-likeness (QED) is 0.517. The van der Waals surface area contributed by atoms with Gasteiger partial charge in [-0.1, -0.05) is 18.2 Å². The van der Waals surface area contributed by atoms with E-state index in [1.807, 2.05) is 38.4 Å². The Kier molecular flexibility index (Phi) is 5.41. The van der Waals surface area contributed by atoms with Gasteiger partial charge in [-0.05, 0) is 45.9 Å². The fourth-order valence-electron chi connectivity index (χ4n) is 3.51. The molecule has 0 bridgehead atoms. The highest BCUT2D eigenvalue weighted by atomic mass is 19.1. The zero-order valence-electron chi connectivity index (χ0n) is 17.9. The van der Waals surface area contributed by atoms with Crippen LogP contribution in [0.2, 0.25) is 0 Å². The zero-order valence-corrected chi connectivity index (χ0v) is 17.9. The largest absolute Gasteiger partial charge is 0.317 e. The van der Waals surface area contributed by atoms with E-state index < -0.39 is 0 Å². The van der Waals surface area contributed by atoms with E-state index in [4.69, 9.17) is 0 Å². The Labute approximate surface area is 179 Å². The van der Waals surface area contributed by atoms with Crippen LogP contribution >= 0.6 is 0 Å². The molecule has 1 amide bonds. The fourth-order valence-corrected chi connectivity index (χ4v) is 3.51. The monoisotopic (exact) mass is 421 g/mol. The Bertz CT molecular complexity index is 1250. The number of benzene rings is 1. The van der Waals surface area contributed by atoms with Crippen LogP contribution in [0.5, 0.6) is 0 Å². The van der Waals surface area contributed by atoms with E-state index in [-0.39, 0.29) is 18.3 Å². The molecule has 1 aromatic carbocycles. The number of hydrogen-bond acceptors (Lipinski definition) is 4. The van der Waals surface area contributed by atoms with Crippen molar-refractivity contribution < 1.29 is 9.18 Å². The first-order valence-electron chi connectivity index (χ1n) is 9.95. The van der Waals surface area contributed by atoms with E-state index in [1.165, 1.54) is 6.07 Å². The van der Waals surface area contributed by atoms with Crippen LogP contribution in [0.3, 0.4) is 0 Å². The number of halogens is 1. The van der Waals surface area contributed by atoms with Crippen LogP contribution in [0.15, 0.2) is 42.6 Å². The topological polar surface area (TPSA) is 82.6 Å². The maximum atomic E-state index is 14.0. The van der Waals surface area contributed by atoms with Crippen LogP contribution in [0.4, 0.5) is 10.1 Å². The minimum Gasteiger partial charge on any atom is -0.317 e. The summed E-state index contributed by atoms with van der Waals surface area (Å²) in [5.74, 6) is -0.613. The van der Waals surface area contributed by atoms with Crippen molar-refractivity contribution in [1.82, 2.24) is 29.3 Å². The molecule has 0 spiro atoms. The van der Waals surface area contributed by atoms with Crippen LogP contribution < -0.4 is 5.32 Å². The molecule has 0 radical (unpaired) electrons. The summed E-state index contributed by atoms with van der Waals surface area (Å²) in [7, 11) is 0. The van der Waals surface area contributed by atoms with Gasteiger partial charge in [0.1, 0.15) is 12.5 Å². The molecule has 160 valence electrons. The first kappa shape index (κ1) is 20.5. The highest BCUT2D eigenvalue weighted by Gasteiger charge is 2.18. The first-order valence-corrected chi connectivity index (χ1v) is 9.95. The first-order chi connectivity index (χ1) is 14.8. The molecule has 31 heavy (non-hydrogen) atoms. The van der Waals surface area contributed by atoms with Gasteiger partial charge < -0.3 is 5.32 Å². The lowest BCUT2D eigenvalue weighted by Crippen LogP contribution is -2.16. The molecule has 0 fully saturated rings. The third-order valence-corrected chi connectivity index (χ3v) is 5.15. The maximum Gasteiger partial charge on any atom is 0.276 e. The van der Waals surface area contributed by atoms with E-state index in [1.54, 1.807) is 39.8 Å². The standard InChI is InChI=1S/C22H24FN7O/c1-14-11-15(2)30(25-14)13-28-10-9-20(27-28)22(31)24-21-16(3)26-29(17(21)4)12-18-7-5-6-8-19(18)23/h5-11H,12-13H2,1-4H3,(H,24,31). The van der Waals surface area contributed by atoms with Gasteiger partial charge in [-0.25, -0.2) is 9.07 Å². The van der Waals surface area contributed by atoms with Crippen LogP contribution in [-0.4, -0.2) is 35.2 Å². The average Bonchev–Trinajstić information content (AvgIpc) is 3.39. The molecule has 0 saturated carbocycles. The van der Waals surface area contributed by atoms with Gasteiger partial charge in [0.2, 0.25) is 0 Å². The Morgan fingerprint density at radius 1 is 1.03 bits per heavy atom. The second-order valence-electron chi connectivity index (χ2n) is 7.56. The van der Waals surface area contributed by atoms with Crippen LogP contribution in [-0.2, 0) is 13.2 Å². The SMILES string of the molecule is Cc1cc(C)n(Cn2ccc(C(=O)Nc3c(C)nn(Cc4ccccc4F)c3C)n2)n1. The Balaban J connectivity index is 1.49. The number of hydrogen-bond donors (Lipinski definition) is 1. The number of carbonyl (C=O) groups excluding carboxylic acids is 1. The summed E-state index contributed by atoms with van der Waals surface area (Å²) in [6, 6.07) is 10.2. The second-order valence-corrected chi connectivity index (χ2v) is 7.56. The summed E-state index contributed by atoms with van der Waals surface area (Å²) in [5.41, 5.74) is 4.79. The number of nitrogens with one attached hydrogen (secondary N) is 1. The third-order valence-electron chi connectivity index (χ3n) is 5.15. The molecule has 0 saturated heterocycles. The van der Waals surface area contributed by atoms with E-state index in [2.05, 4.69) is 20.6 Å². The molecule has 0 unspecified atom stereocenters. The van der Waals surface area contributed by atoms with E-state index in [0.717, 1.165) is 17.1 Å². The van der Waals surface area contributed by atoms with Crippen LogP contribution in [0, 0.1) is 33.5 Å². The summed E-state index contributed by atoms with van der Waals surface area (Å²) in [5, 5.41) is 16.1. The molecular weight excluding hydrogens is 397 g/mol.